The summed E-state index contributed by atoms with van der Waals surface area (Å²) in [6.45, 7) is 0. The molecule has 0 aromatic heterocycles. The third kappa shape index (κ3) is 2.57. The predicted molar refractivity (Wildman–Crippen MR) is 32.6 cm³/mol. The largest absolute Gasteiger partial charge is 0.301 e. The number of nitrogens with zero attached hydrogens (tertiary/aromatic N) is 1. The van der Waals surface area contributed by atoms with Crippen LogP contribution in [-0.2, 0) is 4.79 Å². The van der Waals surface area contributed by atoms with Crippen LogP contribution < -0.4 is 5.43 Å². The molecular formula is C3H6N2O2S. The lowest BCUT2D eigenvalue weighted by molar-refractivity contribution is -0.109. The molecule has 0 aromatic rings. The van der Waals surface area contributed by atoms with Gasteiger partial charge in [-0.15, -0.1) is 4.91 Å². The van der Waals surface area contributed by atoms with Crippen LogP contribution in [0, 0.1) is 4.91 Å². The van der Waals surface area contributed by atoms with Gasteiger partial charge in [0.05, 0.1) is 5.29 Å². The van der Waals surface area contributed by atoms with Crippen molar-refractivity contribution in [2.45, 2.75) is 6.04 Å². The maximum Gasteiger partial charge on any atom is 0.144 e. The Kier molecular flexibility index (Phi) is 4.24. The van der Waals surface area contributed by atoms with E-state index in [-0.39, 0.29) is 5.75 Å². The number of hydrogen-bond acceptors (Lipinski definition) is 4. The van der Waals surface area contributed by atoms with Gasteiger partial charge in [-0.05, 0) is 0 Å². The highest BCUT2D eigenvalue weighted by atomic mass is 32.1. The van der Waals surface area contributed by atoms with Crippen LogP contribution in [0.2, 0.25) is 0 Å². The monoisotopic (exact) mass is 134 g/mol. The second-order valence-electron chi connectivity index (χ2n) is 1.15. The number of thiol groups is 1. The summed E-state index contributed by atoms with van der Waals surface area (Å²) in [4.78, 5) is 19.2. The maximum absolute atomic E-state index is 9.82. The van der Waals surface area contributed by atoms with Crippen LogP contribution in [0.4, 0.5) is 0 Å². The highest BCUT2D eigenvalue weighted by molar-refractivity contribution is 7.80. The molecule has 1 atom stereocenters. The molecule has 0 bridgehead atoms. The molecule has 1 N–H and O–H groups in total. The average molecular weight is 134 g/mol. The number of hydrogen-bond donors (Lipinski definition) is 2. The summed E-state index contributed by atoms with van der Waals surface area (Å²) in [5.41, 5.74) is 2.01. The van der Waals surface area contributed by atoms with Crippen LogP contribution >= 0.6 is 12.6 Å². The molecule has 0 aliphatic carbocycles. The Morgan fingerprint density at radius 1 is 1.88 bits per heavy atom. The van der Waals surface area contributed by atoms with Gasteiger partial charge in [0, 0.05) is 5.75 Å². The van der Waals surface area contributed by atoms with E-state index in [2.05, 4.69) is 17.9 Å². The molecule has 0 spiro atoms. The van der Waals surface area contributed by atoms with Crippen LogP contribution in [0.5, 0.6) is 0 Å². The number of aldehydes is 1. The van der Waals surface area contributed by atoms with Crippen LogP contribution in [0.25, 0.3) is 0 Å². The molecule has 4 nitrogen and oxygen atoms in total. The highest BCUT2D eigenvalue weighted by Crippen LogP contribution is 1.80. The van der Waals surface area contributed by atoms with E-state index in [9.17, 15) is 9.70 Å². The van der Waals surface area contributed by atoms with E-state index in [1.807, 2.05) is 5.43 Å². The van der Waals surface area contributed by atoms with Gasteiger partial charge in [0.25, 0.3) is 0 Å². The highest BCUT2D eigenvalue weighted by Gasteiger charge is 1.99. The van der Waals surface area contributed by atoms with Crippen molar-refractivity contribution in [3.05, 3.63) is 4.91 Å². The molecule has 0 saturated heterocycles. The minimum atomic E-state index is -0.546. The third-order valence-corrected chi connectivity index (χ3v) is 0.973. The standard InChI is InChI=1S/C3H6N2O2S/c6-1-3(2-8)4-5-7/h1,3,8H,2H2,(H,4,7). The third-order valence-electron chi connectivity index (χ3n) is 0.579. The van der Waals surface area contributed by atoms with E-state index in [1.165, 1.54) is 0 Å². The van der Waals surface area contributed by atoms with E-state index >= 15 is 0 Å². The minimum Gasteiger partial charge on any atom is -0.301 e. The van der Waals surface area contributed by atoms with Crippen molar-refractivity contribution in [2.75, 3.05) is 5.75 Å². The van der Waals surface area contributed by atoms with E-state index in [1.54, 1.807) is 0 Å². The van der Waals surface area contributed by atoms with Crippen LogP contribution in [0.15, 0.2) is 5.29 Å². The van der Waals surface area contributed by atoms with Crippen LogP contribution in [0.3, 0.4) is 0 Å². The molecule has 0 amide bonds. The Morgan fingerprint density at radius 3 is 2.62 bits per heavy atom. The van der Waals surface area contributed by atoms with E-state index < -0.39 is 6.04 Å². The van der Waals surface area contributed by atoms with Gasteiger partial charge in [-0.25, -0.2) is 0 Å². The first kappa shape index (κ1) is 7.42. The minimum absolute atomic E-state index is 0.287. The molecule has 0 aliphatic heterocycles. The van der Waals surface area contributed by atoms with E-state index in [4.69, 9.17) is 0 Å². The van der Waals surface area contributed by atoms with Crippen molar-refractivity contribution in [3.8, 4) is 0 Å². The second kappa shape index (κ2) is 4.58. The Balaban J connectivity index is 3.35. The fourth-order valence-corrected chi connectivity index (χ4v) is 0.350. The normalized spacial score (nSPS) is 12.1. The molecule has 0 aromatic carbocycles. The number of carbonyl (C=O) groups is 1. The summed E-state index contributed by atoms with van der Waals surface area (Å²) < 4.78 is 0. The topological polar surface area (TPSA) is 58.5 Å². The first-order chi connectivity index (χ1) is 3.85. The van der Waals surface area contributed by atoms with E-state index in [0.717, 1.165) is 0 Å². The molecule has 0 radical (unpaired) electrons. The van der Waals surface area contributed by atoms with Crippen molar-refractivity contribution in [3.63, 3.8) is 0 Å². The molecule has 0 rings (SSSR count). The number of rotatable bonds is 4. The van der Waals surface area contributed by atoms with Gasteiger partial charge in [-0.2, -0.15) is 12.6 Å². The van der Waals surface area contributed by atoms with Gasteiger partial charge < -0.3 is 4.79 Å². The van der Waals surface area contributed by atoms with Crippen molar-refractivity contribution < 1.29 is 4.79 Å². The first-order valence-electron chi connectivity index (χ1n) is 1.99. The second-order valence-corrected chi connectivity index (χ2v) is 1.51. The van der Waals surface area contributed by atoms with Gasteiger partial charge in [-0.3, -0.25) is 5.43 Å². The molecule has 46 valence electrons. The molecule has 0 heterocycles. The van der Waals surface area contributed by atoms with Crippen molar-refractivity contribution in [1.29, 1.82) is 0 Å². The molecule has 0 fully saturated rings. The lowest BCUT2D eigenvalue weighted by Crippen LogP contribution is -2.26. The number of nitroso groups, excluding NO2 is 1. The zero-order valence-electron chi connectivity index (χ0n) is 4.07. The Morgan fingerprint density at radius 2 is 2.50 bits per heavy atom. The molecule has 0 saturated carbocycles. The summed E-state index contributed by atoms with van der Waals surface area (Å²) >= 11 is 3.74. The van der Waals surface area contributed by atoms with Gasteiger partial charge in [-0.1, -0.05) is 0 Å². The SMILES string of the molecule is O=CC(CS)NN=O. The van der Waals surface area contributed by atoms with Gasteiger partial charge >= 0.3 is 0 Å². The Bertz CT molecular complexity index is 87.4. The summed E-state index contributed by atoms with van der Waals surface area (Å²) in [6.07, 6.45) is 0.578. The Labute approximate surface area is 52.0 Å². The lowest BCUT2D eigenvalue weighted by Gasteiger charge is -1.99. The number of nitrogens with one attached hydrogen (secondary N) is 1. The quantitative estimate of drug-likeness (QED) is 0.241. The maximum atomic E-state index is 9.82. The lowest BCUT2D eigenvalue weighted by atomic mass is 10.4. The average Bonchev–Trinajstić information content (AvgIpc) is 1.83. The summed E-state index contributed by atoms with van der Waals surface area (Å²) in [6, 6.07) is -0.546. The van der Waals surface area contributed by atoms with Crippen LogP contribution in [-0.4, -0.2) is 18.1 Å². The molecule has 8 heavy (non-hydrogen) atoms. The smallest absolute Gasteiger partial charge is 0.144 e. The van der Waals surface area contributed by atoms with Crippen molar-refractivity contribution in [2.24, 2.45) is 5.29 Å². The molecule has 5 heteroatoms. The molecule has 1 unspecified atom stereocenters. The Hall–Kier alpha value is -0.580. The molecular weight excluding hydrogens is 128 g/mol. The number of carbonyl (C=O) groups excluding carboxylic acids is 1. The summed E-state index contributed by atoms with van der Waals surface area (Å²) in [7, 11) is 0. The van der Waals surface area contributed by atoms with Gasteiger partial charge in [0.2, 0.25) is 0 Å². The van der Waals surface area contributed by atoms with Crippen molar-refractivity contribution >= 4 is 18.9 Å². The molecule has 0 aliphatic rings. The van der Waals surface area contributed by atoms with Crippen LogP contribution in [0.1, 0.15) is 0 Å². The zero-order chi connectivity index (χ0) is 6.41. The predicted octanol–water partition coefficient (Wildman–Crippen LogP) is -0.245. The van der Waals surface area contributed by atoms with Gasteiger partial charge in [0.15, 0.2) is 0 Å². The van der Waals surface area contributed by atoms with Gasteiger partial charge in [0.1, 0.15) is 12.3 Å². The zero-order valence-corrected chi connectivity index (χ0v) is 4.97. The first-order valence-corrected chi connectivity index (χ1v) is 2.62. The summed E-state index contributed by atoms with van der Waals surface area (Å²) in [5, 5.41) is 2.30. The summed E-state index contributed by atoms with van der Waals surface area (Å²) in [5.74, 6) is 0.287. The fourth-order valence-electron chi connectivity index (χ4n) is 0.182. The van der Waals surface area contributed by atoms with E-state index in [0.29, 0.717) is 6.29 Å². The van der Waals surface area contributed by atoms with Crippen molar-refractivity contribution in [1.82, 2.24) is 5.43 Å². The fraction of sp³-hybridized carbons (Fsp3) is 0.667.